The second kappa shape index (κ2) is 4.42. The third kappa shape index (κ3) is 2.23. The summed E-state index contributed by atoms with van der Waals surface area (Å²) in [6, 6.07) is 11.6. The van der Waals surface area contributed by atoms with Crippen molar-refractivity contribution in [3.05, 3.63) is 54.3 Å². The summed E-state index contributed by atoms with van der Waals surface area (Å²) < 4.78 is 5.27. The van der Waals surface area contributed by atoms with Gasteiger partial charge in [0.2, 0.25) is 0 Å². The maximum atomic E-state index is 10.1. The van der Waals surface area contributed by atoms with E-state index in [1.54, 1.807) is 12.3 Å². The van der Waals surface area contributed by atoms with Crippen molar-refractivity contribution in [3.8, 4) is 11.3 Å². The van der Waals surface area contributed by atoms with Gasteiger partial charge in [0.05, 0.1) is 6.26 Å². The summed E-state index contributed by atoms with van der Waals surface area (Å²) in [6.07, 6.45) is 5.65. The van der Waals surface area contributed by atoms with Crippen molar-refractivity contribution >= 4 is 12.4 Å². The first-order chi connectivity index (χ1) is 7.40. The summed E-state index contributed by atoms with van der Waals surface area (Å²) in [6.45, 7) is 0. The van der Waals surface area contributed by atoms with E-state index in [0.717, 1.165) is 23.2 Å². The van der Waals surface area contributed by atoms with Crippen LogP contribution in [0.1, 0.15) is 5.56 Å². The second-order valence-corrected chi connectivity index (χ2v) is 3.09. The Hall–Kier alpha value is -2.09. The van der Waals surface area contributed by atoms with E-state index < -0.39 is 0 Å². The van der Waals surface area contributed by atoms with Crippen molar-refractivity contribution in [2.24, 2.45) is 0 Å². The number of carbonyl (C=O) groups is 1. The third-order valence-corrected chi connectivity index (χ3v) is 2.08. The Bertz CT molecular complexity index is 450. The Morgan fingerprint density at radius 1 is 1.07 bits per heavy atom. The molecule has 1 aromatic heterocycles. The van der Waals surface area contributed by atoms with E-state index >= 15 is 0 Å². The van der Waals surface area contributed by atoms with Crippen molar-refractivity contribution in [2.45, 2.75) is 0 Å². The quantitative estimate of drug-likeness (QED) is 0.560. The molecule has 0 aliphatic heterocycles. The van der Waals surface area contributed by atoms with E-state index in [9.17, 15) is 4.79 Å². The number of hydrogen-bond donors (Lipinski definition) is 0. The van der Waals surface area contributed by atoms with Gasteiger partial charge in [-0.15, -0.1) is 0 Å². The maximum Gasteiger partial charge on any atom is 0.142 e. The van der Waals surface area contributed by atoms with Crippen LogP contribution in [0.2, 0.25) is 0 Å². The number of allylic oxidation sites excluding steroid dienone is 1. The topological polar surface area (TPSA) is 30.2 Å². The Balaban J connectivity index is 2.24. The molecule has 0 saturated carbocycles. The summed E-state index contributed by atoms with van der Waals surface area (Å²) in [5.74, 6) is 0.848. The van der Waals surface area contributed by atoms with Crippen molar-refractivity contribution in [1.29, 1.82) is 0 Å². The first-order valence-corrected chi connectivity index (χ1v) is 4.66. The minimum Gasteiger partial charge on any atom is -0.464 e. The van der Waals surface area contributed by atoms with Gasteiger partial charge in [0, 0.05) is 5.56 Å². The lowest BCUT2D eigenvalue weighted by molar-refractivity contribution is -0.104. The highest BCUT2D eigenvalue weighted by Crippen LogP contribution is 2.20. The highest BCUT2D eigenvalue weighted by atomic mass is 16.3. The average Bonchev–Trinajstić information content (AvgIpc) is 2.80. The molecule has 2 aromatic rings. The smallest absolute Gasteiger partial charge is 0.142 e. The normalized spacial score (nSPS) is 10.7. The predicted molar refractivity (Wildman–Crippen MR) is 59.2 cm³/mol. The van der Waals surface area contributed by atoms with Gasteiger partial charge in [-0.2, -0.15) is 0 Å². The lowest BCUT2D eigenvalue weighted by Gasteiger charge is -1.97. The van der Waals surface area contributed by atoms with Crippen LogP contribution < -0.4 is 0 Å². The first-order valence-electron chi connectivity index (χ1n) is 4.66. The summed E-state index contributed by atoms with van der Waals surface area (Å²) in [4.78, 5) is 10.1. The van der Waals surface area contributed by atoms with Crippen molar-refractivity contribution in [2.75, 3.05) is 0 Å². The van der Waals surface area contributed by atoms with Crippen molar-refractivity contribution < 1.29 is 9.21 Å². The van der Waals surface area contributed by atoms with Crippen LogP contribution in [0.3, 0.4) is 0 Å². The molecule has 0 bridgehead atoms. The number of furan rings is 1. The molecule has 0 radical (unpaired) electrons. The molecule has 74 valence electrons. The molecular formula is C13H10O2. The molecule has 0 unspecified atom stereocenters. The molecule has 1 heterocycles. The van der Waals surface area contributed by atoms with Gasteiger partial charge >= 0.3 is 0 Å². The predicted octanol–water partition coefficient (Wildman–Crippen LogP) is 3.16. The third-order valence-electron chi connectivity index (χ3n) is 2.08. The number of carbonyl (C=O) groups excluding carboxylic acids is 1. The number of aldehydes is 1. The van der Waals surface area contributed by atoms with Crippen LogP contribution in [0.4, 0.5) is 0 Å². The summed E-state index contributed by atoms with van der Waals surface area (Å²) in [7, 11) is 0. The lowest BCUT2D eigenvalue weighted by Crippen LogP contribution is -1.75. The molecule has 0 aliphatic rings. The lowest BCUT2D eigenvalue weighted by atomic mass is 10.1. The fourth-order valence-corrected chi connectivity index (χ4v) is 1.35. The van der Waals surface area contributed by atoms with Crippen LogP contribution >= 0.6 is 0 Å². The van der Waals surface area contributed by atoms with E-state index in [4.69, 9.17) is 4.42 Å². The standard InChI is InChI=1S/C13H10O2/c14-9-1-3-11-5-7-12(8-6-11)13-4-2-10-15-13/h1-10H. The fourth-order valence-electron chi connectivity index (χ4n) is 1.35. The second-order valence-electron chi connectivity index (χ2n) is 3.09. The molecule has 15 heavy (non-hydrogen) atoms. The zero-order valence-corrected chi connectivity index (χ0v) is 8.09. The first kappa shape index (κ1) is 9.46. The highest BCUT2D eigenvalue weighted by Gasteiger charge is 1.98. The summed E-state index contributed by atoms with van der Waals surface area (Å²) in [5.41, 5.74) is 2.03. The Morgan fingerprint density at radius 2 is 1.87 bits per heavy atom. The molecule has 0 spiro atoms. The van der Waals surface area contributed by atoms with Gasteiger partial charge in [0.15, 0.2) is 0 Å². The van der Waals surface area contributed by atoms with E-state index in [2.05, 4.69) is 0 Å². The molecule has 0 amide bonds. The SMILES string of the molecule is O=CC=Cc1ccc(-c2ccco2)cc1. The molecule has 1 aromatic carbocycles. The molecule has 0 N–H and O–H groups in total. The molecule has 2 nitrogen and oxygen atoms in total. The Labute approximate surface area is 87.8 Å². The molecular weight excluding hydrogens is 188 g/mol. The van der Waals surface area contributed by atoms with E-state index in [1.807, 2.05) is 36.4 Å². The minimum absolute atomic E-state index is 0.764. The van der Waals surface area contributed by atoms with Gasteiger partial charge in [0.25, 0.3) is 0 Å². The Morgan fingerprint density at radius 3 is 2.47 bits per heavy atom. The van der Waals surface area contributed by atoms with Crippen LogP contribution in [-0.2, 0) is 4.79 Å². The largest absolute Gasteiger partial charge is 0.464 e. The molecule has 2 rings (SSSR count). The van der Waals surface area contributed by atoms with Gasteiger partial charge < -0.3 is 4.42 Å². The minimum atomic E-state index is 0.764. The van der Waals surface area contributed by atoms with Crippen LogP contribution in [-0.4, -0.2) is 6.29 Å². The van der Waals surface area contributed by atoms with Crippen molar-refractivity contribution in [3.63, 3.8) is 0 Å². The monoisotopic (exact) mass is 198 g/mol. The molecule has 0 fully saturated rings. The van der Waals surface area contributed by atoms with Gasteiger partial charge in [-0.1, -0.05) is 30.3 Å². The number of rotatable bonds is 3. The molecule has 0 atom stereocenters. The molecule has 0 saturated heterocycles. The fraction of sp³-hybridized carbons (Fsp3) is 0. The zero-order chi connectivity index (χ0) is 10.5. The van der Waals surface area contributed by atoms with Crippen LogP contribution in [0, 0.1) is 0 Å². The van der Waals surface area contributed by atoms with Gasteiger partial charge in [-0.3, -0.25) is 4.79 Å². The summed E-state index contributed by atoms with van der Waals surface area (Å²) in [5, 5.41) is 0. The van der Waals surface area contributed by atoms with Gasteiger partial charge in [-0.05, 0) is 23.8 Å². The van der Waals surface area contributed by atoms with Crippen molar-refractivity contribution in [1.82, 2.24) is 0 Å². The summed E-state index contributed by atoms with van der Waals surface area (Å²) >= 11 is 0. The van der Waals surface area contributed by atoms with Gasteiger partial charge in [0.1, 0.15) is 12.0 Å². The highest BCUT2D eigenvalue weighted by molar-refractivity contribution is 5.74. The van der Waals surface area contributed by atoms with Gasteiger partial charge in [-0.25, -0.2) is 0 Å². The van der Waals surface area contributed by atoms with E-state index in [1.165, 1.54) is 6.08 Å². The molecule has 2 heteroatoms. The van der Waals surface area contributed by atoms with Crippen LogP contribution in [0.15, 0.2) is 53.2 Å². The number of benzene rings is 1. The van der Waals surface area contributed by atoms with Crippen LogP contribution in [0.25, 0.3) is 17.4 Å². The average molecular weight is 198 g/mol. The van der Waals surface area contributed by atoms with E-state index in [-0.39, 0.29) is 0 Å². The van der Waals surface area contributed by atoms with Crippen LogP contribution in [0.5, 0.6) is 0 Å². The Kier molecular flexibility index (Phi) is 2.79. The van der Waals surface area contributed by atoms with E-state index in [0.29, 0.717) is 0 Å². The molecule has 0 aliphatic carbocycles. The number of hydrogen-bond acceptors (Lipinski definition) is 2. The zero-order valence-electron chi connectivity index (χ0n) is 8.09. The maximum absolute atomic E-state index is 10.1.